The molecule has 0 aromatic rings. The van der Waals surface area contributed by atoms with E-state index < -0.39 is 30.3 Å². The molecular weight excluding hydrogens is 228 g/mol. The van der Waals surface area contributed by atoms with Crippen LogP contribution in [0.4, 0.5) is 0 Å². The van der Waals surface area contributed by atoms with Gasteiger partial charge in [0, 0.05) is 19.5 Å². The van der Waals surface area contributed by atoms with E-state index >= 15 is 0 Å². The molecular formula is C10H16N2O5. The van der Waals surface area contributed by atoms with Crippen LogP contribution in [0.5, 0.6) is 0 Å². The van der Waals surface area contributed by atoms with Gasteiger partial charge >= 0.3 is 5.97 Å². The van der Waals surface area contributed by atoms with E-state index in [-0.39, 0.29) is 25.3 Å². The van der Waals surface area contributed by atoms with Crippen molar-refractivity contribution < 1.29 is 24.9 Å². The van der Waals surface area contributed by atoms with E-state index in [9.17, 15) is 19.8 Å². The van der Waals surface area contributed by atoms with Gasteiger partial charge in [-0.25, -0.2) is 4.79 Å². The number of aliphatic hydroxyl groups excluding tert-OH is 2. The van der Waals surface area contributed by atoms with Gasteiger partial charge in [-0.2, -0.15) is 0 Å². The van der Waals surface area contributed by atoms with Crippen LogP contribution >= 0.6 is 0 Å². The second-order valence-corrected chi connectivity index (χ2v) is 4.58. The number of aliphatic carboxylic acids is 1. The van der Waals surface area contributed by atoms with Crippen molar-refractivity contribution in [1.29, 1.82) is 0 Å². The van der Waals surface area contributed by atoms with Gasteiger partial charge in [-0.15, -0.1) is 0 Å². The largest absolute Gasteiger partial charge is 0.480 e. The number of carbonyl (C=O) groups excluding carboxylic acids is 1. The minimum absolute atomic E-state index is 0.0457. The quantitative estimate of drug-likeness (QED) is 0.437. The number of hydrogen-bond acceptors (Lipinski definition) is 5. The molecule has 0 spiro atoms. The fourth-order valence-corrected chi connectivity index (χ4v) is 2.40. The lowest BCUT2D eigenvalue weighted by atomic mass is 10.1. The number of nitrogens with one attached hydrogen (secondary N) is 1. The second-order valence-electron chi connectivity index (χ2n) is 4.58. The molecule has 0 bridgehead atoms. The Balaban J connectivity index is 2.05. The third-order valence-electron chi connectivity index (χ3n) is 3.25. The molecule has 7 nitrogen and oxygen atoms in total. The highest BCUT2D eigenvalue weighted by Gasteiger charge is 2.42. The summed E-state index contributed by atoms with van der Waals surface area (Å²) in [5, 5.41) is 30.6. The summed E-state index contributed by atoms with van der Waals surface area (Å²) in [4.78, 5) is 24.2. The van der Waals surface area contributed by atoms with Crippen LogP contribution in [0.15, 0.2) is 0 Å². The Morgan fingerprint density at radius 1 is 1.18 bits per heavy atom. The van der Waals surface area contributed by atoms with Crippen LogP contribution < -0.4 is 5.32 Å². The molecule has 2 rings (SSSR count). The van der Waals surface area contributed by atoms with E-state index in [2.05, 4.69) is 5.32 Å². The van der Waals surface area contributed by atoms with E-state index in [0.717, 1.165) is 0 Å². The summed E-state index contributed by atoms with van der Waals surface area (Å²) in [6.45, 7) is 0.384. The average Bonchev–Trinajstić information content (AvgIpc) is 2.83. The first-order valence-electron chi connectivity index (χ1n) is 5.62. The molecule has 2 aliphatic rings. The number of carbonyl (C=O) groups is 2. The van der Waals surface area contributed by atoms with Crippen molar-refractivity contribution in [1.82, 2.24) is 10.2 Å². The number of nitrogens with zero attached hydrogens (tertiary/aromatic N) is 1. The lowest BCUT2D eigenvalue weighted by molar-refractivity contribution is -0.148. The van der Waals surface area contributed by atoms with Crippen LogP contribution in [0.3, 0.4) is 0 Å². The van der Waals surface area contributed by atoms with E-state index in [4.69, 9.17) is 5.11 Å². The molecule has 2 heterocycles. The van der Waals surface area contributed by atoms with E-state index in [1.807, 2.05) is 0 Å². The van der Waals surface area contributed by atoms with Crippen LogP contribution in [-0.4, -0.2) is 69.5 Å². The SMILES string of the molecule is O=C(O)[C@@H]1C[C@@H](O)CN1C(=O)[C@@H]1C[C@@H](O)CN1. The van der Waals surface area contributed by atoms with Gasteiger partial charge < -0.3 is 25.5 Å². The number of β-amino-alcohol motifs (C(OH)–C–C–N with tert-alkyl or cyclic N) is 2. The Morgan fingerprint density at radius 2 is 1.88 bits per heavy atom. The molecule has 2 fully saturated rings. The lowest BCUT2D eigenvalue weighted by Crippen LogP contribution is -2.48. The highest BCUT2D eigenvalue weighted by atomic mass is 16.4. The summed E-state index contributed by atoms with van der Waals surface area (Å²) in [7, 11) is 0. The summed E-state index contributed by atoms with van der Waals surface area (Å²) in [6, 6.07) is -1.51. The van der Waals surface area contributed by atoms with Gasteiger partial charge in [0.25, 0.3) is 0 Å². The van der Waals surface area contributed by atoms with Crippen molar-refractivity contribution in [3.63, 3.8) is 0 Å². The number of likely N-dealkylation sites (tertiary alicyclic amines) is 1. The molecule has 0 aliphatic carbocycles. The molecule has 0 unspecified atom stereocenters. The van der Waals surface area contributed by atoms with Gasteiger partial charge in [0.15, 0.2) is 0 Å². The van der Waals surface area contributed by atoms with Crippen molar-refractivity contribution >= 4 is 11.9 Å². The zero-order valence-corrected chi connectivity index (χ0v) is 9.24. The van der Waals surface area contributed by atoms with Crippen molar-refractivity contribution in [2.45, 2.75) is 37.1 Å². The van der Waals surface area contributed by atoms with E-state index in [1.165, 1.54) is 4.90 Å². The third-order valence-corrected chi connectivity index (χ3v) is 3.25. The van der Waals surface area contributed by atoms with E-state index in [0.29, 0.717) is 6.54 Å². The van der Waals surface area contributed by atoms with Gasteiger partial charge in [0.1, 0.15) is 6.04 Å². The van der Waals surface area contributed by atoms with Gasteiger partial charge in [-0.1, -0.05) is 0 Å². The van der Waals surface area contributed by atoms with Crippen molar-refractivity contribution in [2.75, 3.05) is 13.1 Å². The zero-order chi connectivity index (χ0) is 12.6. The zero-order valence-electron chi connectivity index (χ0n) is 9.24. The summed E-state index contributed by atoms with van der Waals surface area (Å²) in [5.41, 5.74) is 0. The molecule has 0 radical (unpaired) electrons. The molecule has 0 aromatic heterocycles. The molecule has 4 N–H and O–H groups in total. The molecule has 17 heavy (non-hydrogen) atoms. The Bertz CT molecular complexity index is 335. The summed E-state index contributed by atoms with van der Waals surface area (Å²) in [5.74, 6) is -1.46. The van der Waals surface area contributed by atoms with Crippen LogP contribution in [-0.2, 0) is 9.59 Å². The first kappa shape index (κ1) is 12.3. The van der Waals surface area contributed by atoms with Crippen LogP contribution in [0.25, 0.3) is 0 Å². The van der Waals surface area contributed by atoms with Crippen molar-refractivity contribution in [3.05, 3.63) is 0 Å². The number of hydrogen-bond donors (Lipinski definition) is 4. The maximum absolute atomic E-state index is 12.0. The Labute approximate surface area is 98.0 Å². The number of carboxylic acid groups (broad SMARTS) is 1. The van der Waals surface area contributed by atoms with Crippen LogP contribution in [0, 0.1) is 0 Å². The number of amides is 1. The topological polar surface area (TPSA) is 110 Å². The van der Waals surface area contributed by atoms with Crippen molar-refractivity contribution in [2.24, 2.45) is 0 Å². The molecule has 0 aromatic carbocycles. The predicted octanol–water partition coefficient (Wildman–Crippen LogP) is -2.24. The molecule has 4 atom stereocenters. The molecule has 2 saturated heterocycles. The predicted molar refractivity (Wildman–Crippen MR) is 56.2 cm³/mol. The van der Waals surface area contributed by atoms with Crippen LogP contribution in [0.2, 0.25) is 0 Å². The minimum atomic E-state index is -1.10. The first-order valence-corrected chi connectivity index (χ1v) is 5.62. The Morgan fingerprint density at radius 3 is 2.41 bits per heavy atom. The normalized spacial score (nSPS) is 37.4. The monoisotopic (exact) mass is 244 g/mol. The minimum Gasteiger partial charge on any atom is -0.480 e. The number of rotatable bonds is 2. The van der Waals surface area contributed by atoms with Gasteiger partial charge in [-0.05, 0) is 6.42 Å². The maximum atomic E-state index is 12.0. The average molecular weight is 244 g/mol. The molecule has 2 aliphatic heterocycles. The van der Waals surface area contributed by atoms with Gasteiger partial charge in [0.2, 0.25) is 5.91 Å². The maximum Gasteiger partial charge on any atom is 0.326 e. The standard InChI is InChI=1S/C10H16N2O5/c13-5-1-7(11-3-5)9(15)12-4-6(14)2-8(12)10(16)17/h5-8,11,13-14H,1-4H2,(H,16,17)/t5-,6-,7+,8+/m1/s1. The first-order chi connectivity index (χ1) is 7.99. The highest BCUT2D eigenvalue weighted by molar-refractivity contribution is 5.88. The van der Waals surface area contributed by atoms with Gasteiger partial charge in [0.05, 0.1) is 18.2 Å². The van der Waals surface area contributed by atoms with E-state index in [1.54, 1.807) is 0 Å². The molecule has 96 valence electrons. The fourth-order valence-electron chi connectivity index (χ4n) is 2.40. The fraction of sp³-hybridized carbons (Fsp3) is 0.800. The van der Waals surface area contributed by atoms with Crippen molar-refractivity contribution in [3.8, 4) is 0 Å². The molecule has 1 amide bonds. The number of carboxylic acids is 1. The summed E-state index contributed by atoms with van der Waals surface area (Å²) in [6.07, 6.45) is -1.00. The molecule has 0 saturated carbocycles. The smallest absolute Gasteiger partial charge is 0.326 e. The molecule has 7 heteroatoms. The lowest BCUT2D eigenvalue weighted by Gasteiger charge is -2.24. The number of aliphatic hydroxyl groups is 2. The van der Waals surface area contributed by atoms with Gasteiger partial charge in [-0.3, -0.25) is 4.79 Å². The summed E-state index contributed by atoms with van der Waals surface area (Å²) < 4.78 is 0. The summed E-state index contributed by atoms with van der Waals surface area (Å²) >= 11 is 0. The van der Waals surface area contributed by atoms with Crippen LogP contribution in [0.1, 0.15) is 12.8 Å². The second kappa shape index (κ2) is 4.59. The third kappa shape index (κ3) is 2.41. The Hall–Kier alpha value is -1.18. The Kier molecular flexibility index (Phi) is 3.32. The highest BCUT2D eigenvalue weighted by Crippen LogP contribution is 2.21.